The van der Waals surface area contributed by atoms with Gasteiger partial charge in [-0.05, 0) is 54.6 Å². The normalized spacial score (nSPS) is 12.0. The highest BCUT2D eigenvalue weighted by Crippen LogP contribution is 2.15. The second-order valence-corrected chi connectivity index (χ2v) is 6.89. The number of thioether (sulfide) groups is 1. The van der Waals surface area contributed by atoms with Gasteiger partial charge >= 0.3 is 5.97 Å². The number of benzene rings is 2. The Bertz CT molecular complexity index is 820. The average Bonchev–Trinajstić information content (AvgIpc) is 2.66. The summed E-state index contributed by atoms with van der Waals surface area (Å²) in [4.78, 5) is 26.8. The lowest BCUT2D eigenvalue weighted by molar-refractivity contribution is -0.154. The van der Waals surface area contributed by atoms with Gasteiger partial charge in [0.2, 0.25) is 0 Å². The molecule has 6 heteroatoms. The maximum Gasteiger partial charge on any atom is 0.331 e. The molecule has 0 bridgehead atoms. The van der Waals surface area contributed by atoms with E-state index in [0.717, 1.165) is 10.5 Å². The van der Waals surface area contributed by atoms with Crippen LogP contribution in [0.3, 0.4) is 0 Å². The van der Waals surface area contributed by atoms with E-state index in [9.17, 15) is 14.0 Å². The number of amides is 1. The molecule has 0 aliphatic heterocycles. The van der Waals surface area contributed by atoms with E-state index in [2.05, 4.69) is 0 Å². The van der Waals surface area contributed by atoms with E-state index in [4.69, 9.17) is 4.74 Å². The van der Waals surface area contributed by atoms with Crippen molar-refractivity contribution in [2.45, 2.75) is 24.5 Å². The third-order valence-electron chi connectivity index (χ3n) is 3.85. The van der Waals surface area contributed by atoms with E-state index in [0.29, 0.717) is 5.56 Å². The number of hydrogen-bond acceptors (Lipinski definition) is 4. The third-order valence-corrected chi connectivity index (χ3v) is 4.60. The van der Waals surface area contributed by atoms with Gasteiger partial charge < -0.3 is 9.64 Å². The summed E-state index contributed by atoms with van der Waals surface area (Å²) < 4.78 is 18.4. The molecule has 142 valence electrons. The predicted molar refractivity (Wildman–Crippen MR) is 106 cm³/mol. The molecule has 0 heterocycles. The maximum absolute atomic E-state index is 13.2. The first-order valence-electron chi connectivity index (χ1n) is 8.41. The first-order chi connectivity index (χ1) is 12.9. The second-order valence-electron chi connectivity index (χ2n) is 6.01. The first kappa shape index (κ1) is 20.7. The number of nitrogens with zero attached hydrogens (tertiary/aromatic N) is 1. The Morgan fingerprint density at radius 1 is 1.22 bits per heavy atom. The summed E-state index contributed by atoms with van der Waals surface area (Å²) >= 11 is 1.64. The Kier molecular flexibility index (Phi) is 7.61. The van der Waals surface area contributed by atoms with Crippen LogP contribution in [0.15, 0.2) is 59.5 Å². The van der Waals surface area contributed by atoms with Crippen molar-refractivity contribution in [2.75, 3.05) is 13.3 Å². The number of esters is 1. The quantitative estimate of drug-likeness (QED) is 0.407. The fraction of sp³-hybridized carbons (Fsp3) is 0.238. The van der Waals surface area contributed by atoms with Gasteiger partial charge in [0.1, 0.15) is 5.82 Å². The summed E-state index contributed by atoms with van der Waals surface area (Å²) in [6, 6.07) is 13.8. The molecule has 0 radical (unpaired) electrons. The van der Waals surface area contributed by atoms with Crippen molar-refractivity contribution < 1.29 is 18.7 Å². The second kappa shape index (κ2) is 9.92. The molecule has 2 rings (SSSR count). The minimum absolute atomic E-state index is 0.232. The van der Waals surface area contributed by atoms with Gasteiger partial charge in [-0.15, -0.1) is 11.8 Å². The van der Waals surface area contributed by atoms with Gasteiger partial charge in [-0.2, -0.15) is 0 Å². The summed E-state index contributed by atoms with van der Waals surface area (Å²) in [6.07, 6.45) is 4.00. The van der Waals surface area contributed by atoms with E-state index in [1.807, 2.05) is 30.5 Å². The molecule has 2 aromatic carbocycles. The molecule has 0 spiro atoms. The van der Waals surface area contributed by atoms with E-state index >= 15 is 0 Å². The Morgan fingerprint density at radius 2 is 1.93 bits per heavy atom. The van der Waals surface area contributed by atoms with Gasteiger partial charge in [-0.3, -0.25) is 4.79 Å². The smallest absolute Gasteiger partial charge is 0.331 e. The van der Waals surface area contributed by atoms with Crippen molar-refractivity contribution in [2.24, 2.45) is 0 Å². The molecule has 0 aliphatic rings. The van der Waals surface area contributed by atoms with Crippen molar-refractivity contribution in [1.82, 2.24) is 4.90 Å². The molecular formula is C21H22FNO3S. The summed E-state index contributed by atoms with van der Waals surface area (Å²) in [5, 5.41) is 0. The molecule has 0 saturated heterocycles. The minimum Gasteiger partial charge on any atom is -0.449 e. The molecule has 0 aliphatic carbocycles. The van der Waals surface area contributed by atoms with Crippen LogP contribution in [0.2, 0.25) is 0 Å². The van der Waals surface area contributed by atoms with Crippen LogP contribution in [0.4, 0.5) is 4.39 Å². The summed E-state index contributed by atoms with van der Waals surface area (Å²) in [5.41, 5.74) is 1.53. The number of hydrogen-bond donors (Lipinski definition) is 0. The fourth-order valence-electron chi connectivity index (χ4n) is 2.44. The summed E-state index contributed by atoms with van der Waals surface area (Å²) in [6.45, 7) is 1.75. The lowest BCUT2D eigenvalue weighted by atomic mass is 10.2. The molecule has 0 fully saturated rings. The highest BCUT2D eigenvalue weighted by Gasteiger charge is 2.20. The number of ether oxygens (including phenoxy) is 1. The van der Waals surface area contributed by atoms with Gasteiger partial charge in [-0.1, -0.05) is 24.3 Å². The van der Waals surface area contributed by atoms with E-state index in [1.54, 1.807) is 37.0 Å². The summed E-state index contributed by atoms with van der Waals surface area (Å²) in [7, 11) is 1.58. The highest BCUT2D eigenvalue weighted by molar-refractivity contribution is 7.98. The van der Waals surface area contributed by atoms with Gasteiger partial charge in [0.05, 0.1) is 0 Å². The van der Waals surface area contributed by atoms with Crippen molar-refractivity contribution in [3.8, 4) is 0 Å². The van der Waals surface area contributed by atoms with Crippen LogP contribution in [0, 0.1) is 5.82 Å². The molecule has 0 unspecified atom stereocenters. The number of carbonyl (C=O) groups is 2. The van der Waals surface area contributed by atoms with Crippen molar-refractivity contribution in [1.29, 1.82) is 0 Å². The molecule has 0 N–H and O–H groups in total. The van der Waals surface area contributed by atoms with Crippen molar-refractivity contribution in [3.05, 3.63) is 71.6 Å². The fourth-order valence-corrected chi connectivity index (χ4v) is 2.85. The number of likely N-dealkylation sites (N-methyl/N-ethyl adjacent to an activating group) is 1. The van der Waals surface area contributed by atoms with Crippen molar-refractivity contribution >= 4 is 29.7 Å². The molecule has 1 atom stereocenters. The zero-order chi connectivity index (χ0) is 19.8. The van der Waals surface area contributed by atoms with Crippen LogP contribution in [-0.4, -0.2) is 36.2 Å². The topological polar surface area (TPSA) is 46.6 Å². The van der Waals surface area contributed by atoms with Gasteiger partial charge in [0, 0.05) is 24.6 Å². The third kappa shape index (κ3) is 6.57. The zero-order valence-electron chi connectivity index (χ0n) is 15.5. The van der Waals surface area contributed by atoms with Crippen LogP contribution < -0.4 is 0 Å². The monoisotopic (exact) mass is 387 g/mol. The highest BCUT2D eigenvalue weighted by atomic mass is 32.2. The predicted octanol–water partition coefficient (Wildman–Crippen LogP) is 4.15. The van der Waals surface area contributed by atoms with E-state index in [1.165, 1.54) is 30.0 Å². The minimum atomic E-state index is -0.931. The largest absolute Gasteiger partial charge is 0.449 e. The van der Waals surface area contributed by atoms with E-state index in [-0.39, 0.29) is 18.3 Å². The zero-order valence-corrected chi connectivity index (χ0v) is 16.3. The molecule has 4 nitrogen and oxygen atoms in total. The maximum atomic E-state index is 13.2. The van der Waals surface area contributed by atoms with Crippen LogP contribution in [0.25, 0.3) is 6.08 Å². The molecule has 1 amide bonds. The first-order valence-corrected chi connectivity index (χ1v) is 9.63. The number of halogens is 1. The van der Waals surface area contributed by atoms with E-state index < -0.39 is 12.1 Å². The van der Waals surface area contributed by atoms with Crippen LogP contribution in [0.1, 0.15) is 18.1 Å². The Morgan fingerprint density at radius 3 is 2.56 bits per heavy atom. The van der Waals surface area contributed by atoms with Crippen molar-refractivity contribution in [3.63, 3.8) is 0 Å². The molecule has 0 aromatic heterocycles. The molecule has 0 saturated carbocycles. The Labute approximate surface area is 163 Å². The van der Waals surface area contributed by atoms with Gasteiger partial charge in [0.25, 0.3) is 5.91 Å². The Balaban J connectivity index is 1.88. The lowest BCUT2D eigenvalue weighted by Crippen LogP contribution is -2.36. The SMILES string of the molecule is CSc1ccc(/C=C/C(=O)O[C@H](C)C(=O)N(C)Cc2cccc(F)c2)cc1. The molecular weight excluding hydrogens is 365 g/mol. The average molecular weight is 387 g/mol. The number of rotatable bonds is 7. The molecule has 2 aromatic rings. The van der Waals surface area contributed by atoms with Gasteiger partial charge in [-0.25, -0.2) is 9.18 Å². The lowest BCUT2D eigenvalue weighted by Gasteiger charge is -2.21. The number of carbonyl (C=O) groups excluding carboxylic acids is 2. The van der Waals surface area contributed by atoms with Crippen LogP contribution in [0.5, 0.6) is 0 Å². The summed E-state index contributed by atoms with van der Waals surface area (Å²) in [5.74, 6) is -1.31. The molecule has 27 heavy (non-hydrogen) atoms. The van der Waals surface area contributed by atoms with Crippen LogP contribution in [-0.2, 0) is 20.9 Å². The Hall–Kier alpha value is -2.60. The van der Waals surface area contributed by atoms with Crippen LogP contribution >= 0.6 is 11.8 Å². The standard InChI is InChI=1S/C21H22FNO3S/c1-15(21(25)23(2)14-17-5-4-6-18(22)13-17)26-20(24)12-9-16-7-10-19(27-3)11-8-16/h4-13,15H,14H2,1-3H3/b12-9+/t15-/m1/s1. The van der Waals surface area contributed by atoms with Gasteiger partial charge in [0.15, 0.2) is 6.10 Å².